The number of rotatable bonds is 4. The van der Waals surface area contributed by atoms with E-state index in [4.69, 9.17) is 0 Å². The van der Waals surface area contributed by atoms with Crippen molar-refractivity contribution in [2.75, 3.05) is 36.0 Å². The van der Waals surface area contributed by atoms with E-state index in [0.717, 1.165) is 10.2 Å². The van der Waals surface area contributed by atoms with Crippen molar-refractivity contribution in [1.82, 2.24) is 4.90 Å². The largest absolute Gasteiger partial charge is 0.369 e. The first-order chi connectivity index (χ1) is 13.9. The molecule has 0 aliphatic carbocycles. The quantitative estimate of drug-likeness (QED) is 0.397. The lowest BCUT2D eigenvalue weighted by Gasteiger charge is -2.38. The van der Waals surface area contributed by atoms with E-state index in [9.17, 15) is 19.7 Å². The molecular formula is C20H19BrN4O4. The summed E-state index contributed by atoms with van der Waals surface area (Å²) in [5.41, 5.74) is 1.58. The molecule has 29 heavy (non-hydrogen) atoms. The Morgan fingerprint density at radius 1 is 0.897 bits per heavy atom. The molecule has 0 N–H and O–H groups in total. The highest BCUT2D eigenvalue weighted by Gasteiger charge is 2.43. The zero-order valence-electron chi connectivity index (χ0n) is 15.5. The highest BCUT2D eigenvalue weighted by molar-refractivity contribution is 9.10. The number of non-ortho nitro benzene ring substituents is 1. The minimum absolute atomic E-state index is 0.0653. The van der Waals surface area contributed by atoms with Crippen LogP contribution in [0.25, 0.3) is 0 Å². The van der Waals surface area contributed by atoms with Crippen LogP contribution in [0.3, 0.4) is 0 Å². The SMILES string of the molecule is O=C1CC(N2CCN(c3ccc([N+](=O)[O-])cc3)CC2)C(=O)N1c1ccc(Br)cc1. The average molecular weight is 459 g/mol. The molecule has 2 fully saturated rings. The Balaban J connectivity index is 1.41. The maximum absolute atomic E-state index is 12.9. The van der Waals surface area contributed by atoms with Crippen LogP contribution in [0.1, 0.15) is 6.42 Å². The van der Waals surface area contributed by atoms with Gasteiger partial charge in [-0.15, -0.1) is 0 Å². The van der Waals surface area contributed by atoms with Crippen molar-refractivity contribution in [3.8, 4) is 0 Å². The van der Waals surface area contributed by atoms with Gasteiger partial charge in [0.05, 0.1) is 23.1 Å². The highest BCUT2D eigenvalue weighted by Crippen LogP contribution is 2.28. The van der Waals surface area contributed by atoms with Crippen molar-refractivity contribution in [2.24, 2.45) is 0 Å². The molecule has 2 amide bonds. The number of benzene rings is 2. The number of nitro benzene ring substituents is 1. The van der Waals surface area contributed by atoms with E-state index >= 15 is 0 Å². The summed E-state index contributed by atoms with van der Waals surface area (Å²) >= 11 is 3.36. The maximum Gasteiger partial charge on any atom is 0.269 e. The monoisotopic (exact) mass is 458 g/mol. The number of nitrogens with zero attached hydrogens (tertiary/aromatic N) is 4. The molecule has 4 rings (SSSR count). The van der Waals surface area contributed by atoms with Crippen LogP contribution in [0.2, 0.25) is 0 Å². The second-order valence-corrected chi connectivity index (χ2v) is 7.98. The van der Waals surface area contributed by atoms with Gasteiger partial charge in [-0.1, -0.05) is 15.9 Å². The summed E-state index contributed by atoms with van der Waals surface area (Å²) in [5.74, 6) is -0.360. The smallest absolute Gasteiger partial charge is 0.269 e. The molecule has 0 radical (unpaired) electrons. The molecule has 2 aromatic rings. The van der Waals surface area contributed by atoms with Crippen LogP contribution < -0.4 is 9.80 Å². The molecule has 0 bridgehead atoms. The first kappa shape index (κ1) is 19.5. The van der Waals surface area contributed by atoms with Gasteiger partial charge in [0.2, 0.25) is 5.91 Å². The standard InChI is InChI=1S/C20H19BrN4O4/c21-14-1-3-16(4-2-14)24-19(26)13-18(20(24)27)23-11-9-22(10-12-23)15-5-7-17(8-6-15)25(28)29/h1-8,18H,9-13H2. The molecule has 0 saturated carbocycles. The van der Waals surface area contributed by atoms with E-state index < -0.39 is 11.0 Å². The fourth-order valence-electron chi connectivity index (χ4n) is 3.84. The third-order valence-electron chi connectivity index (χ3n) is 5.39. The fraction of sp³-hybridized carbons (Fsp3) is 0.300. The van der Waals surface area contributed by atoms with Crippen molar-refractivity contribution >= 4 is 44.8 Å². The van der Waals surface area contributed by atoms with Crippen molar-refractivity contribution in [3.63, 3.8) is 0 Å². The van der Waals surface area contributed by atoms with Gasteiger partial charge in [-0.2, -0.15) is 0 Å². The van der Waals surface area contributed by atoms with E-state index in [1.807, 2.05) is 12.1 Å². The first-order valence-electron chi connectivity index (χ1n) is 9.30. The molecule has 1 atom stereocenters. The lowest BCUT2D eigenvalue weighted by molar-refractivity contribution is -0.384. The Morgan fingerprint density at radius 3 is 2.07 bits per heavy atom. The molecule has 0 spiro atoms. The van der Waals surface area contributed by atoms with Crippen molar-refractivity contribution in [3.05, 3.63) is 63.1 Å². The molecule has 2 aromatic carbocycles. The third kappa shape index (κ3) is 3.88. The number of imide groups is 1. The van der Waals surface area contributed by atoms with Gasteiger partial charge in [-0.3, -0.25) is 24.6 Å². The summed E-state index contributed by atoms with van der Waals surface area (Å²) in [6.45, 7) is 2.67. The molecule has 150 valence electrons. The second kappa shape index (κ2) is 7.92. The number of halogens is 1. The summed E-state index contributed by atoms with van der Waals surface area (Å²) in [7, 11) is 0. The third-order valence-corrected chi connectivity index (χ3v) is 5.92. The van der Waals surface area contributed by atoms with Crippen LogP contribution in [0, 0.1) is 10.1 Å². The Bertz CT molecular complexity index is 940. The summed E-state index contributed by atoms with van der Waals surface area (Å²) < 4.78 is 0.888. The van der Waals surface area contributed by atoms with Gasteiger partial charge in [0.25, 0.3) is 11.6 Å². The minimum atomic E-state index is -0.440. The Morgan fingerprint density at radius 2 is 1.48 bits per heavy atom. The predicted octanol–water partition coefficient (Wildman–Crippen LogP) is 2.81. The van der Waals surface area contributed by atoms with E-state index in [2.05, 4.69) is 25.7 Å². The lowest BCUT2D eigenvalue weighted by atomic mass is 10.1. The molecule has 2 aliphatic heterocycles. The van der Waals surface area contributed by atoms with Crippen LogP contribution >= 0.6 is 15.9 Å². The Kier molecular flexibility index (Phi) is 5.33. The number of hydrogen-bond acceptors (Lipinski definition) is 6. The number of carbonyl (C=O) groups is 2. The maximum atomic E-state index is 12.9. The molecule has 2 heterocycles. The zero-order chi connectivity index (χ0) is 20.5. The van der Waals surface area contributed by atoms with Gasteiger partial charge >= 0.3 is 0 Å². The number of nitro groups is 1. The number of piperazine rings is 1. The van der Waals surface area contributed by atoms with Gasteiger partial charge in [-0.25, -0.2) is 4.90 Å². The van der Waals surface area contributed by atoms with Gasteiger partial charge in [-0.05, 0) is 36.4 Å². The number of carbonyl (C=O) groups excluding carboxylic acids is 2. The van der Waals surface area contributed by atoms with Crippen molar-refractivity contribution < 1.29 is 14.5 Å². The van der Waals surface area contributed by atoms with Crippen LogP contribution in [0.15, 0.2) is 53.0 Å². The number of amides is 2. The van der Waals surface area contributed by atoms with Crippen LogP contribution in [-0.4, -0.2) is 53.9 Å². The summed E-state index contributed by atoms with van der Waals surface area (Å²) in [6.07, 6.45) is 0.187. The van der Waals surface area contributed by atoms with Gasteiger partial charge in [0, 0.05) is 48.5 Å². The molecule has 8 nitrogen and oxygen atoms in total. The Labute approximate surface area is 176 Å². The lowest BCUT2D eigenvalue weighted by Crippen LogP contribution is -2.52. The highest BCUT2D eigenvalue weighted by atomic mass is 79.9. The van der Waals surface area contributed by atoms with Crippen molar-refractivity contribution in [1.29, 1.82) is 0 Å². The summed E-state index contributed by atoms with van der Waals surface area (Å²) in [6, 6.07) is 13.2. The van der Waals surface area contributed by atoms with Gasteiger partial charge in [0.1, 0.15) is 0 Å². The van der Waals surface area contributed by atoms with Gasteiger partial charge < -0.3 is 4.90 Å². The molecule has 1 unspecified atom stereocenters. The number of hydrogen-bond donors (Lipinski definition) is 0. The average Bonchev–Trinajstić information content (AvgIpc) is 3.03. The molecule has 0 aromatic heterocycles. The van der Waals surface area contributed by atoms with E-state index in [1.165, 1.54) is 17.0 Å². The van der Waals surface area contributed by atoms with Gasteiger partial charge in [0.15, 0.2) is 0 Å². The first-order valence-corrected chi connectivity index (χ1v) is 10.1. The zero-order valence-corrected chi connectivity index (χ0v) is 17.1. The molecule has 2 aliphatic rings. The normalized spacial score (nSPS) is 20.4. The topological polar surface area (TPSA) is 87.0 Å². The predicted molar refractivity (Wildman–Crippen MR) is 112 cm³/mol. The van der Waals surface area contributed by atoms with Crippen LogP contribution in [0.5, 0.6) is 0 Å². The number of anilines is 2. The van der Waals surface area contributed by atoms with Crippen LogP contribution in [0.4, 0.5) is 17.1 Å². The van der Waals surface area contributed by atoms with Crippen molar-refractivity contribution in [2.45, 2.75) is 12.5 Å². The summed E-state index contributed by atoms with van der Waals surface area (Å²) in [4.78, 5) is 41.3. The van der Waals surface area contributed by atoms with E-state index in [0.29, 0.717) is 31.9 Å². The van der Waals surface area contributed by atoms with E-state index in [-0.39, 0.29) is 23.9 Å². The Hall–Kier alpha value is -2.78. The molecule has 2 saturated heterocycles. The van der Waals surface area contributed by atoms with E-state index in [1.54, 1.807) is 24.3 Å². The molecular weight excluding hydrogens is 440 g/mol. The van der Waals surface area contributed by atoms with Crippen LogP contribution in [-0.2, 0) is 9.59 Å². The molecule has 9 heteroatoms. The fourth-order valence-corrected chi connectivity index (χ4v) is 4.10. The summed E-state index contributed by atoms with van der Waals surface area (Å²) in [5, 5.41) is 10.8. The minimum Gasteiger partial charge on any atom is -0.369 e. The second-order valence-electron chi connectivity index (χ2n) is 7.06.